The number of hydrogen-bond donors (Lipinski definition) is 1. The molecule has 1 aromatic carbocycles. The van der Waals surface area contributed by atoms with Gasteiger partial charge in [-0.2, -0.15) is 18.4 Å². The van der Waals surface area contributed by atoms with E-state index >= 15 is 0 Å². The van der Waals surface area contributed by atoms with Crippen molar-refractivity contribution in [3.05, 3.63) is 74.9 Å². The number of allylic oxidation sites excluding steroid dienone is 3. The van der Waals surface area contributed by atoms with Gasteiger partial charge in [0.05, 0.1) is 23.1 Å². The van der Waals surface area contributed by atoms with Crippen LogP contribution in [0.3, 0.4) is 0 Å². The summed E-state index contributed by atoms with van der Waals surface area (Å²) < 4.78 is 39.7. The minimum absolute atomic E-state index is 0.0682. The summed E-state index contributed by atoms with van der Waals surface area (Å²) in [5.74, 6) is -0.606. The fourth-order valence-corrected chi connectivity index (χ4v) is 4.79. The van der Waals surface area contributed by atoms with E-state index in [0.29, 0.717) is 30.5 Å². The topological polar surface area (TPSA) is 70.1 Å². The van der Waals surface area contributed by atoms with Gasteiger partial charge in [-0.1, -0.05) is 12.1 Å². The summed E-state index contributed by atoms with van der Waals surface area (Å²) in [6.07, 6.45) is -3.09. The predicted octanol–water partition coefficient (Wildman–Crippen LogP) is 5.07. The highest BCUT2D eigenvalue weighted by atomic mass is 32.1. The van der Waals surface area contributed by atoms with Crippen molar-refractivity contribution < 1.29 is 18.0 Å². The molecule has 0 fully saturated rings. The standard InChI is InChI=1S/C21H16F3N3OS/c22-21(23,24)12-4-1-5-13(10-12)27-15-6-2-7-16(28)19(15)18(14(11-25)20(27)26)17-8-3-9-29-17/h1,3-5,8-10,18H,2,6-7,26H2/t18-/m1/s1. The molecule has 1 aliphatic carbocycles. The van der Waals surface area contributed by atoms with Gasteiger partial charge < -0.3 is 5.73 Å². The maximum Gasteiger partial charge on any atom is 0.416 e. The first-order valence-corrected chi connectivity index (χ1v) is 9.87. The zero-order valence-electron chi connectivity index (χ0n) is 15.2. The maximum absolute atomic E-state index is 13.2. The number of ketones is 1. The molecule has 1 aliphatic heterocycles. The molecule has 4 rings (SSSR count). The zero-order chi connectivity index (χ0) is 20.8. The number of hydrogen-bond acceptors (Lipinski definition) is 5. The lowest BCUT2D eigenvalue weighted by molar-refractivity contribution is -0.137. The van der Waals surface area contributed by atoms with E-state index in [4.69, 9.17) is 5.73 Å². The predicted molar refractivity (Wildman–Crippen MR) is 104 cm³/mol. The quantitative estimate of drug-likeness (QED) is 0.743. The summed E-state index contributed by atoms with van der Waals surface area (Å²) in [4.78, 5) is 15.1. The highest BCUT2D eigenvalue weighted by Crippen LogP contribution is 2.47. The average molecular weight is 415 g/mol. The smallest absolute Gasteiger partial charge is 0.384 e. The van der Waals surface area contributed by atoms with Crippen LogP contribution >= 0.6 is 11.3 Å². The third kappa shape index (κ3) is 3.21. The molecule has 1 aromatic heterocycles. The van der Waals surface area contributed by atoms with Crippen LogP contribution in [0.25, 0.3) is 0 Å². The van der Waals surface area contributed by atoms with E-state index in [9.17, 15) is 23.2 Å². The molecular weight excluding hydrogens is 399 g/mol. The van der Waals surface area contributed by atoms with Crippen LogP contribution in [0.15, 0.2) is 64.4 Å². The first-order chi connectivity index (χ1) is 13.8. The molecular formula is C21H16F3N3OS. The summed E-state index contributed by atoms with van der Waals surface area (Å²) in [5.41, 5.74) is 6.93. The third-order valence-corrected chi connectivity index (χ3v) is 6.11. The van der Waals surface area contributed by atoms with E-state index in [1.54, 1.807) is 0 Å². The van der Waals surface area contributed by atoms with Crippen molar-refractivity contribution in [2.45, 2.75) is 31.4 Å². The van der Waals surface area contributed by atoms with E-state index < -0.39 is 17.7 Å². The normalized spacial score (nSPS) is 20.0. The fraction of sp³-hybridized carbons (Fsp3) is 0.238. The molecule has 0 saturated heterocycles. The fourth-order valence-electron chi connectivity index (χ4n) is 3.94. The molecule has 0 amide bonds. The van der Waals surface area contributed by atoms with Gasteiger partial charge in [0.15, 0.2) is 5.78 Å². The lowest BCUT2D eigenvalue weighted by atomic mass is 9.78. The Morgan fingerprint density at radius 2 is 2.00 bits per heavy atom. The molecule has 2 heterocycles. The molecule has 2 aliphatic rings. The van der Waals surface area contributed by atoms with Gasteiger partial charge in [0, 0.05) is 28.3 Å². The summed E-state index contributed by atoms with van der Waals surface area (Å²) in [7, 11) is 0. The Hall–Kier alpha value is -3.05. The van der Waals surface area contributed by atoms with Gasteiger partial charge >= 0.3 is 6.18 Å². The van der Waals surface area contributed by atoms with Crippen molar-refractivity contribution in [2.75, 3.05) is 4.90 Å². The first-order valence-electron chi connectivity index (χ1n) is 8.99. The minimum Gasteiger partial charge on any atom is -0.384 e. The maximum atomic E-state index is 13.2. The highest BCUT2D eigenvalue weighted by molar-refractivity contribution is 7.10. The van der Waals surface area contributed by atoms with E-state index in [0.717, 1.165) is 17.0 Å². The van der Waals surface area contributed by atoms with Crippen LogP contribution in [0.2, 0.25) is 0 Å². The molecule has 0 spiro atoms. The number of thiophene rings is 1. The zero-order valence-corrected chi connectivity index (χ0v) is 16.0. The van der Waals surface area contributed by atoms with E-state index in [1.165, 1.54) is 28.4 Å². The van der Waals surface area contributed by atoms with Crippen LogP contribution in [0.5, 0.6) is 0 Å². The second kappa shape index (κ2) is 7.08. The van der Waals surface area contributed by atoms with E-state index in [-0.39, 0.29) is 22.9 Å². The average Bonchev–Trinajstić information content (AvgIpc) is 3.21. The summed E-state index contributed by atoms with van der Waals surface area (Å²) in [5, 5.41) is 11.7. The largest absolute Gasteiger partial charge is 0.416 e. The Kier molecular flexibility index (Phi) is 4.71. The highest BCUT2D eigenvalue weighted by Gasteiger charge is 2.41. The van der Waals surface area contributed by atoms with Crippen LogP contribution < -0.4 is 10.6 Å². The molecule has 4 nitrogen and oxygen atoms in total. The van der Waals surface area contributed by atoms with Gasteiger partial charge in [0.25, 0.3) is 0 Å². The van der Waals surface area contributed by atoms with Crippen LogP contribution in [0.4, 0.5) is 18.9 Å². The third-order valence-electron chi connectivity index (χ3n) is 5.17. The van der Waals surface area contributed by atoms with Gasteiger partial charge in [-0.25, -0.2) is 0 Å². The molecule has 148 valence electrons. The van der Waals surface area contributed by atoms with Crippen molar-refractivity contribution in [1.29, 1.82) is 5.26 Å². The van der Waals surface area contributed by atoms with Crippen molar-refractivity contribution in [3.8, 4) is 6.07 Å². The Morgan fingerprint density at radius 3 is 2.66 bits per heavy atom. The van der Waals surface area contributed by atoms with Crippen LogP contribution in [0, 0.1) is 11.3 Å². The monoisotopic (exact) mass is 415 g/mol. The van der Waals surface area contributed by atoms with Crippen molar-refractivity contribution in [3.63, 3.8) is 0 Å². The van der Waals surface area contributed by atoms with Crippen LogP contribution in [-0.2, 0) is 11.0 Å². The number of carbonyl (C=O) groups excluding carboxylic acids is 1. The van der Waals surface area contributed by atoms with Crippen LogP contribution in [-0.4, -0.2) is 5.78 Å². The molecule has 0 saturated carbocycles. The van der Waals surface area contributed by atoms with Crippen molar-refractivity contribution in [2.24, 2.45) is 5.73 Å². The van der Waals surface area contributed by atoms with Crippen molar-refractivity contribution in [1.82, 2.24) is 0 Å². The Morgan fingerprint density at radius 1 is 1.21 bits per heavy atom. The van der Waals surface area contributed by atoms with Gasteiger partial charge in [0.1, 0.15) is 5.82 Å². The Balaban J connectivity index is 1.95. The summed E-state index contributed by atoms with van der Waals surface area (Å²) in [6, 6.07) is 10.6. The Bertz CT molecular complexity index is 1080. The number of nitriles is 1. The molecule has 29 heavy (non-hydrogen) atoms. The van der Waals surface area contributed by atoms with E-state index in [2.05, 4.69) is 6.07 Å². The number of nitrogens with two attached hydrogens (primary N) is 1. The molecule has 0 bridgehead atoms. The summed E-state index contributed by atoms with van der Waals surface area (Å²) >= 11 is 1.42. The molecule has 2 aromatic rings. The SMILES string of the molecule is N#CC1=C(N)N(c2cccc(C(F)(F)F)c2)C2=C(C(=O)CCC2)[C@H]1c1cccs1. The van der Waals surface area contributed by atoms with Gasteiger partial charge in [-0.15, -0.1) is 11.3 Å². The first kappa shape index (κ1) is 19.3. The van der Waals surface area contributed by atoms with Gasteiger partial charge in [-0.3, -0.25) is 9.69 Å². The van der Waals surface area contributed by atoms with Gasteiger partial charge in [0.2, 0.25) is 0 Å². The minimum atomic E-state index is -4.51. The lowest BCUT2D eigenvalue weighted by Crippen LogP contribution is -2.38. The number of Topliss-reactive ketones (excluding diaryl/α,β-unsaturated/α-hetero) is 1. The number of halogens is 3. The molecule has 0 radical (unpaired) electrons. The second-order valence-corrected chi connectivity index (χ2v) is 7.86. The second-order valence-electron chi connectivity index (χ2n) is 6.88. The molecule has 0 unspecified atom stereocenters. The number of nitrogens with zero attached hydrogens (tertiary/aromatic N) is 2. The molecule has 2 N–H and O–H groups in total. The van der Waals surface area contributed by atoms with Crippen LogP contribution in [0.1, 0.15) is 35.6 Å². The number of rotatable bonds is 2. The number of benzene rings is 1. The number of carbonyl (C=O) groups is 1. The molecule has 1 atom stereocenters. The number of alkyl halides is 3. The number of anilines is 1. The lowest BCUT2D eigenvalue weighted by Gasteiger charge is -2.39. The molecule has 8 heteroatoms. The van der Waals surface area contributed by atoms with Crippen molar-refractivity contribution >= 4 is 22.8 Å². The summed E-state index contributed by atoms with van der Waals surface area (Å²) in [6.45, 7) is 0. The van der Waals surface area contributed by atoms with E-state index in [1.807, 2.05) is 17.5 Å². The van der Waals surface area contributed by atoms with Gasteiger partial charge in [-0.05, 0) is 42.5 Å². The Labute approximate surface area is 169 Å².